The molecule has 104 valence electrons. The van der Waals surface area contributed by atoms with Crippen molar-refractivity contribution in [2.24, 2.45) is 5.73 Å². The van der Waals surface area contributed by atoms with Gasteiger partial charge in [0.2, 0.25) is 0 Å². The summed E-state index contributed by atoms with van der Waals surface area (Å²) in [6.45, 7) is 2.25. The number of nitrogens with two attached hydrogens (primary N) is 1. The van der Waals surface area contributed by atoms with Gasteiger partial charge in [0, 0.05) is 12.7 Å². The molecule has 7 heteroatoms. The number of nitrogens with one attached hydrogen (secondary N) is 1. The van der Waals surface area contributed by atoms with Gasteiger partial charge in [0.15, 0.2) is 9.84 Å². The molecule has 1 aliphatic rings. The molecule has 0 amide bonds. The van der Waals surface area contributed by atoms with E-state index in [1.54, 1.807) is 6.20 Å². The van der Waals surface area contributed by atoms with Crippen LogP contribution in [0.3, 0.4) is 0 Å². The number of aromatic nitrogens is 1. The fraction of sp³-hybridized carbons (Fsp3) is 0.500. The molecule has 0 radical (unpaired) electrons. The molecule has 0 aliphatic carbocycles. The molecule has 1 fully saturated rings. The Morgan fingerprint density at radius 1 is 1.63 bits per heavy atom. The van der Waals surface area contributed by atoms with Crippen molar-refractivity contribution < 1.29 is 8.42 Å². The van der Waals surface area contributed by atoms with E-state index in [-0.39, 0.29) is 16.0 Å². The number of aryl methyl sites for hydroxylation is 1. The van der Waals surface area contributed by atoms with Crippen LogP contribution in [0.1, 0.15) is 24.0 Å². The van der Waals surface area contributed by atoms with Gasteiger partial charge in [-0.15, -0.1) is 0 Å². The second-order valence-electron chi connectivity index (χ2n) is 4.73. The lowest BCUT2D eigenvalue weighted by molar-refractivity contribution is 0.591. The Balaban J connectivity index is 2.16. The fourth-order valence-corrected chi connectivity index (χ4v) is 4.32. The summed E-state index contributed by atoms with van der Waals surface area (Å²) in [6, 6.07) is 1.83. The predicted molar refractivity (Wildman–Crippen MR) is 80.2 cm³/mol. The van der Waals surface area contributed by atoms with Gasteiger partial charge in [-0.1, -0.05) is 12.2 Å². The molecule has 1 aliphatic heterocycles. The van der Waals surface area contributed by atoms with Crippen molar-refractivity contribution in [3.8, 4) is 0 Å². The minimum Gasteiger partial charge on any atom is -0.389 e. The van der Waals surface area contributed by atoms with E-state index in [0.29, 0.717) is 24.3 Å². The van der Waals surface area contributed by atoms with Crippen LogP contribution < -0.4 is 11.1 Å². The summed E-state index contributed by atoms with van der Waals surface area (Å²) in [5.41, 5.74) is 7.30. The summed E-state index contributed by atoms with van der Waals surface area (Å²) in [5.74, 6) is 0.845. The zero-order valence-electron chi connectivity index (χ0n) is 10.7. The van der Waals surface area contributed by atoms with Crippen molar-refractivity contribution in [2.45, 2.75) is 25.0 Å². The number of hydrogen-bond acceptors (Lipinski definition) is 5. The minimum absolute atomic E-state index is 0.266. The van der Waals surface area contributed by atoms with Crippen LogP contribution in [0.15, 0.2) is 12.3 Å². The number of anilines is 1. The lowest BCUT2D eigenvalue weighted by atomic mass is 10.1. The van der Waals surface area contributed by atoms with E-state index in [0.717, 1.165) is 12.0 Å². The second kappa shape index (κ2) is 5.42. The van der Waals surface area contributed by atoms with Gasteiger partial charge in [0.25, 0.3) is 0 Å². The predicted octanol–water partition coefficient (Wildman–Crippen LogP) is 1.01. The molecule has 3 N–H and O–H groups in total. The molecule has 1 atom stereocenters. The molecule has 0 spiro atoms. The van der Waals surface area contributed by atoms with Gasteiger partial charge in [0.1, 0.15) is 10.8 Å². The van der Waals surface area contributed by atoms with Crippen molar-refractivity contribution in [1.82, 2.24) is 4.98 Å². The summed E-state index contributed by atoms with van der Waals surface area (Å²) < 4.78 is 23.5. The minimum atomic E-state index is -2.95. The van der Waals surface area contributed by atoms with Crippen molar-refractivity contribution in [3.05, 3.63) is 23.4 Å². The van der Waals surface area contributed by atoms with Crippen LogP contribution in [-0.2, 0) is 9.84 Å². The first-order valence-electron chi connectivity index (χ1n) is 6.12. The Hall–Kier alpha value is -1.21. The van der Waals surface area contributed by atoms with Gasteiger partial charge in [-0.25, -0.2) is 13.4 Å². The van der Waals surface area contributed by atoms with E-state index in [2.05, 4.69) is 10.3 Å². The van der Waals surface area contributed by atoms with Crippen molar-refractivity contribution in [1.29, 1.82) is 0 Å². The number of sulfone groups is 1. The molecule has 1 unspecified atom stereocenters. The van der Waals surface area contributed by atoms with Crippen LogP contribution in [0.2, 0.25) is 0 Å². The Morgan fingerprint density at radius 2 is 2.37 bits per heavy atom. The van der Waals surface area contributed by atoms with E-state index < -0.39 is 9.84 Å². The Bertz CT molecular complexity index is 599. The average molecular weight is 299 g/mol. The highest BCUT2D eigenvalue weighted by Gasteiger charge is 2.31. The highest BCUT2D eigenvalue weighted by atomic mass is 32.2. The summed E-state index contributed by atoms with van der Waals surface area (Å²) in [6.07, 6.45) is 3.09. The summed E-state index contributed by atoms with van der Waals surface area (Å²) in [4.78, 5) is 4.46. The first-order chi connectivity index (χ1) is 8.92. The van der Waals surface area contributed by atoms with E-state index >= 15 is 0 Å². The molecule has 1 saturated heterocycles. The van der Waals surface area contributed by atoms with Crippen LogP contribution >= 0.6 is 12.2 Å². The summed E-state index contributed by atoms with van der Waals surface area (Å²) in [5, 5.41) is 2.74. The molecule has 19 heavy (non-hydrogen) atoms. The molecular formula is C12H17N3O2S2. The molecule has 0 bridgehead atoms. The third-order valence-corrected chi connectivity index (χ3v) is 5.85. The third-order valence-electron chi connectivity index (χ3n) is 3.37. The lowest BCUT2D eigenvalue weighted by Crippen LogP contribution is -2.26. The Kier molecular flexibility index (Phi) is 4.05. The van der Waals surface area contributed by atoms with Gasteiger partial charge < -0.3 is 11.1 Å². The lowest BCUT2D eigenvalue weighted by Gasteiger charge is -2.15. The topological polar surface area (TPSA) is 85.1 Å². The van der Waals surface area contributed by atoms with E-state index in [1.807, 2.05) is 13.0 Å². The standard InChI is InChI=1S/C12H17N3O2S2/c1-8-4-5-14-12(10(8)11(13)18)15-7-9-3-2-6-19(9,16)17/h4-5,9H,2-3,6-7H2,1H3,(H2,13,18)(H,14,15). The average Bonchev–Trinajstić information content (AvgIpc) is 2.65. The van der Waals surface area contributed by atoms with Gasteiger partial charge in [-0.2, -0.15) is 0 Å². The second-order valence-corrected chi connectivity index (χ2v) is 7.57. The highest BCUT2D eigenvalue weighted by molar-refractivity contribution is 7.92. The van der Waals surface area contributed by atoms with E-state index in [9.17, 15) is 8.42 Å². The number of nitrogens with zero attached hydrogens (tertiary/aromatic N) is 1. The van der Waals surface area contributed by atoms with Crippen LogP contribution in [0, 0.1) is 6.92 Å². The quantitative estimate of drug-likeness (QED) is 0.807. The van der Waals surface area contributed by atoms with Gasteiger partial charge in [-0.3, -0.25) is 0 Å². The highest BCUT2D eigenvalue weighted by Crippen LogP contribution is 2.22. The molecule has 0 aromatic carbocycles. The molecular weight excluding hydrogens is 282 g/mol. The monoisotopic (exact) mass is 299 g/mol. The van der Waals surface area contributed by atoms with Crippen molar-refractivity contribution in [3.63, 3.8) is 0 Å². The summed E-state index contributed by atoms with van der Waals surface area (Å²) in [7, 11) is -2.95. The van der Waals surface area contributed by atoms with Crippen LogP contribution in [-0.4, -0.2) is 35.9 Å². The number of hydrogen-bond donors (Lipinski definition) is 2. The molecule has 2 rings (SSSR count). The van der Waals surface area contributed by atoms with Crippen LogP contribution in [0.25, 0.3) is 0 Å². The largest absolute Gasteiger partial charge is 0.389 e. The first-order valence-corrected chi connectivity index (χ1v) is 8.25. The zero-order valence-corrected chi connectivity index (χ0v) is 12.4. The molecule has 0 saturated carbocycles. The van der Waals surface area contributed by atoms with Crippen LogP contribution in [0.5, 0.6) is 0 Å². The fourth-order valence-electron chi connectivity index (χ4n) is 2.30. The smallest absolute Gasteiger partial charge is 0.154 e. The van der Waals surface area contributed by atoms with Gasteiger partial charge in [0.05, 0.1) is 16.6 Å². The normalized spacial score (nSPS) is 21.2. The number of thiocarbonyl (C=S) groups is 1. The third kappa shape index (κ3) is 3.03. The zero-order chi connectivity index (χ0) is 14.0. The Morgan fingerprint density at radius 3 is 2.95 bits per heavy atom. The first kappa shape index (κ1) is 14.2. The number of pyridine rings is 1. The van der Waals surface area contributed by atoms with E-state index in [4.69, 9.17) is 18.0 Å². The molecule has 1 aromatic heterocycles. The maximum absolute atomic E-state index is 11.8. The maximum atomic E-state index is 11.8. The van der Waals surface area contributed by atoms with Crippen molar-refractivity contribution in [2.75, 3.05) is 17.6 Å². The molecule has 1 aromatic rings. The van der Waals surface area contributed by atoms with Crippen LogP contribution in [0.4, 0.5) is 5.82 Å². The van der Waals surface area contributed by atoms with Gasteiger partial charge >= 0.3 is 0 Å². The van der Waals surface area contributed by atoms with Gasteiger partial charge in [-0.05, 0) is 31.4 Å². The SMILES string of the molecule is Cc1ccnc(NCC2CCCS2(=O)=O)c1C(N)=S. The molecule has 2 heterocycles. The molecule has 5 nitrogen and oxygen atoms in total. The summed E-state index contributed by atoms with van der Waals surface area (Å²) >= 11 is 5.01. The van der Waals surface area contributed by atoms with E-state index in [1.165, 1.54) is 0 Å². The number of rotatable bonds is 4. The van der Waals surface area contributed by atoms with Crippen molar-refractivity contribution >= 4 is 32.9 Å². The Labute approximate surface area is 118 Å². The maximum Gasteiger partial charge on any atom is 0.154 e.